The highest BCUT2D eigenvalue weighted by Gasteiger charge is 2.20. The average Bonchev–Trinajstić information content (AvgIpc) is 2.54. The molecule has 0 heterocycles. The fourth-order valence-corrected chi connectivity index (χ4v) is 2.86. The van der Waals surface area contributed by atoms with E-state index in [2.05, 4.69) is 63.0 Å². The molecule has 2 rings (SSSR count). The van der Waals surface area contributed by atoms with Gasteiger partial charge in [0.15, 0.2) is 0 Å². The molecular formula is C22H30N2O. The van der Waals surface area contributed by atoms with Gasteiger partial charge in [0.25, 0.3) is 0 Å². The van der Waals surface area contributed by atoms with Crippen LogP contribution in [-0.4, -0.2) is 23.4 Å². The van der Waals surface area contributed by atoms with Crippen LogP contribution in [-0.2, 0) is 16.8 Å². The molecule has 25 heavy (non-hydrogen) atoms. The van der Waals surface area contributed by atoms with Crippen molar-refractivity contribution in [3.8, 4) is 0 Å². The molecule has 0 atom stereocenters. The fourth-order valence-electron chi connectivity index (χ4n) is 2.86. The fraction of sp³-hybridized carbons (Fsp3) is 0.409. The number of para-hydroxylation sites is 1. The van der Waals surface area contributed by atoms with E-state index in [-0.39, 0.29) is 11.3 Å². The minimum absolute atomic E-state index is 0.00829. The number of carbonyl (C=O) groups excluding carboxylic acids is 1. The Morgan fingerprint density at radius 3 is 2.20 bits per heavy atom. The van der Waals surface area contributed by atoms with Crippen LogP contribution in [0.25, 0.3) is 0 Å². The van der Waals surface area contributed by atoms with E-state index in [0.717, 1.165) is 17.8 Å². The largest absolute Gasteiger partial charge is 0.325 e. The van der Waals surface area contributed by atoms with Crippen molar-refractivity contribution in [3.63, 3.8) is 0 Å². The summed E-state index contributed by atoms with van der Waals surface area (Å²) < 4.78 is 0. The zero-order chi connectivity index (χ0) is 18.4. The SMILES string of the molecule is CC(C)N(CC(=O)Nc1ccccc1C(C)(C)C)Cc1ccccc1. The van der Waals surface area contributed by atoms with Crippen molar-refractivity contribution < 1.29 is 4.79 Å². The van der Waals surface area contributed by atoms with Crippen LogP contribution >= 0.6 is 0 Å². The van der Waals surface area contributed by atoms with E-state index in [1.807, 2.05) is 36.4 Å². The number of carbonyl (C=O) groups is 1. The molecule has 0 aliphatic rings. The predicted octanol–water partition coefficient (Wildman–Crippen LogP) is 4.83. The van der Waals surface area contributed by atoms with Crippen LogP contribution in [0.15, 0.2) is 54.6 Å². The van der Waals surface area contributed by atoms with Crippen LogP contribution in [0.4, 0.5) is 5.69 Å². The van der Waals surface area contributed by atoms with Crippen molar-refractivity contribution in [3.05, 3.63) is 65.7 Å². The number of benzene rings is 2. The molecule has 0 aromatic heterocycles. The monoisotopic (exact) mass is 338 g/mol. The molecule has 0 unspecified atom stereocenters. The van der Waals surface area contributed by atoms with Crippen molar-refractivity contribution in [1.29, 1.82) is 0 Å². The Balaban J connectivity index is 2.08. The standard InChI is InChI=1S/C22H30N2O/c1-17(2)24(15-18-11-7-6-8-12-18)16-21(25)23-20-14-10-9-13-19(20)22(3,4)5/h6-14,17H,15-16H2,1-5H3,(H,23,25). The summed E-state index contributed by atoms with van der Waals surface area (Å²) in [6.07, 6.45) is 0. The molecule has 0 spiro atoms. The molecule has 2 aromatic rings. The summed E-state index contributed by atoms with van der Waals surface area (Å²) in [6, 6.07) is 18.6. The zero-order valence-corrected chi connectivity index (χ0v) is 16.0. The van der Waals surface area contributed by atoms with Crippen LogP contribution in [0.5, 0.6) is 0 Å². The lowest BCUT2D eigenvalue weighted by Crippen LogP contribution is -2.37. The van der Waals surface area contributed by atoms with Crippen molar-refractivity contribution in [2.45, 2.75) is 52.6 Å². The lowest BCUT2D eigenvalue weighted by atomic mass is 9.86. The Kier molecular flexibility index (Phi) is 6.38. The van der Waals surface area contributed by atoms with Gasteiger partial charge in [0.2, 0.25) is 5.91 Å². The summed E-state index contributed by atoms with van der Waals surface area (Å²) in [4.78, 5) is 14.8. The summed E-state index contributed by atoms with van der Waals surface area (Å²) in [5.74, 6) is 0.0290. The summed E-state index contributed by atoms with van der Waals surface area (Å²) in [5.41, 5.74) is 3.27. The minimum Gasteiger partial charge on any atom is -0.325 e. The first-order valence-electron chi connectivity index (χ1n) is 8.94. The third kappa shape index (κ3) is 5.71. The molecule has 0 bridgehead atoms. The molecule has 1 amide bonds. The number of nitrogens with one attached hydrogen (secondary N) is 1. The summed E-state index contributed by atoms with van der Waals surface area (Å²) in [7, 11) is 0. The van der Waals surface area contributed by atoms with Crippen molar-refractivity contribution in [1.82, 2.24) is 4.90 Å². The summed E-state index contributed by atoms with van der Waals surface area (Å²) >= 11 is 0. The van der Waals surface area contributed by atoms with E-state index in [1.165, 1.54) is 5.56 Å². The molecule has 0 aliphatic carbocycles. The topological polar surface area (TPSA) is 32.3 Å². The van der Waals surface area contributed by atoms with Crippen LogP contribution in [0, 0.1) is 0 Å². The van der Waals surface area contributed by atoms with Gasteiger partial charge in [-0.25, -0.2) is 0 Å². The Morgan fingerprint density at radius 1 is 1.00 bits per heavy atom. The minimum atomic E-state index is -0.00829. The molecule has 3 heteroatoms. The maximum Gasteiger partial charge on any atom is 0.238 e. The highest BCUT2D eigenvalue weighted by atomic mass is 16.2. The molecular weight excluding hydrogens is 308 g/mol. The first-order valence-corrected chi connectivity index (χ1v) is 8.94. The lowest BCUT2D eigenvalue weighted by Gasteiger charge is -2.27. The van der Waals surface area contributed by atoms with Gasteiger partial charge < -0.3 is 5.32 Å². The van der Waals surface area contributed by atoms with Crippen molar-refractivity contribution in [2.75, 3.05) is 11.9 Å². The van der Waals surface area contributed by atoms with E-state index >= 15 is 0 Å². The molecule has 0 saturated carbocycles. The quantitative estimate of drug-likeness (QED) is 0.818. The Hall–Kier alpha value is -2.13. The molecule has 2 aromatic carbocycles. The van der Waals surface area contributed by atoms with E-state index < -0.39 is 0 Å². The van der Waals surface area contributed by atoms with E-state index in [4.69, 9.17) is 0 Å². The van der Waals surface area contributed by atoms with Crippen LogP contribution in [0.3, 0.4) is 0 Å². The molecule has 3 nitrogen and oxygen atoms in total. The third-order valence-electron chi connectivity index (χ3n) is 4.31. The summed E-state index contributed by atoms with van der Waals surface area (Å²) in [5, 5.41) is 3.11. The number of amides is 1. The van der Waals surface area contributed by atoms with Crippen LogP contribution < -0.4 is 5.32 Å². The molecule has 1 N–H and O–H groups in total. The normalized spacial score (nSPS) is 11.8. The maximum atomic E-state index is 12.6. The molecule has 134 valence electrons. The average molecular weight is 338 g/mol. The molecule has 0 saturated heterocycles. The highest BCUT2D eigenvalue weighted by Crippen LogP contribution is 2.29. The highest BCUT2D eigenvalue weighted by molar-refractivity contribution is 5.93. The van der Waals surface area contributed by atoms with Gasteiger partial charge in [0, 0.05) is 18.3 Å². The second-order valence-corrected chi connectivity index (χ2v) is 7.83. The molecule has 0 radical (unpaired) electrons. The van der Waals surface area contributed by atoms with Gasteiger partial charge in [0.05, 0.1) is 6.54 Å². The second kappa shape index (κ2) is 8.30. The van der Waals surface area contributed by atoms with Crippen LogP contribution in [0.2, 0.25) is 0 Å². The maximum absolute atomic E-state index is 12.6. The number of hydrogen-bond donors (Lipinski definition) is 1. The smallest absolute Gasteiger partial charge is 0.238 e. The van der Waals surface area contributed by atoms with Gasteiger partial charge in [-0.05, 0) is 36.5 Å². The van der Waals surface area contributed by atoms with Crippen molar-refractivity contribution in [2.24, 2.45) is 0 Å². The lowest BCUT2D eigenvalue weighted by molar-refractivity contribution is -0.117. The van der Waals surface area contributed by atoms with Gasteiger partial charge >= 0.3 is 0 Å². The van der Waals surface area contributed by atoms with Crippen molar-refractivity contribution >= 4 is 11.6 Å². The Labute approximate surface area is 152 Å². The van der Waals surface area contributed by atoms with Gasteiger partial charge in [-0.2, -0.15) is 0 Å². The number of nitrogens with zero attached hydrogens (tertiary/aromatic N) is 1. The number of hydrogen-bond acceptors (Lipinski definition) is 2. The Bertz CT molecular complexity index is 687. The van der Waals surface area contributed by atoms with Gasteiger partial charge in [-0.3, -0.25) is 9.69 Å². The summed E-state index contributed by atoms with van der Waals surface area (Å²) in [6.45, 7) is 11.9. The number of rotatable bonds is 6. The van der Waals surface area contributed by atoms with E-state index in [1.54, 1.807) is 0 Å². The van der Waals surface area contributed by atoms with E-state index in [9.17, 15) is 4.79 Å². The third-order valence-corrected chi connectivity index (χ3v) is 4.31. The molecule has 0 aliphatic heterocycles. The number of anilines is 1. The first kappa shape index (κ1) is 19.2. The predicted molar refractivity (Wildman–Crippen MR) is 106 cm³/mol. The van der Waals surface area contributed by atoms with Gasteiger partial charge in [-0.15, -0.1) is 0 Å². The van der Waals surface area contributed by atoms with E-state index in [0.29, 0.717) is 12.6 Å². The van der Waals surface area contributed by atoms with Gasteiger partial charge in [-0.1, -0.05) is 69.3 Å². The van der Waals surface area contributed by atoms with Crippen LogP contribution in [0.1, 0.15) is 45.7 Å². The first-order chi connectivity index (χ1) is 11.8. The molecule has 0 fully saturated rings. The second-order valence-electron chi connectivity index (χ2n) is 7.83. The Morgan fingerprint density at radius 2 is 1.60 bits per heavy atom. The van der Waals surface area contributed by atoms with Gasteiger partial charge in [0.1, 0.15) is 0 Å². The zero-order valence-electron chi connectivity index (χ0n) is 16.0.